The van der Waals surface area contributed by atoms with Crippen LogP contribution in [0.3, 0.4) is 0 Å². The van der Waals surface area contributed by atoms with E-state index in [2.05, 4.69) is 55.6 Å². The van der Waals surface area contributed by atoms with Crippen molar-refractivity contribution in [1.29, 1.82) is 0 Å². The number of nitrogens with one attached hydrogen (secondary N) is 1. The minimum atomic E-state index is -0.849. The van der Waals surface area contributed by atoms with Crippen LogP contribution in [-0.2, 0) is 14.3 Å². The Kier molecular flexibility index (Phi) is 72.4. The van der Waals surface area contributed by atoms with Crippen LogP contribution in [0.2, 0.25) is 0 Å². The first-order valence-corrected chi connectivity index (χ1v) is 38.4. The molecule has 0 spiro atoms. The van der Waals surface area contributed by atoms with Crippen LogP contribution in [0.1, 0.15) is 418 Å². The lowest BCUT2D eigenvalue weighted by molar-refractivity contribution is -0.143. The fraction of sp³-hybridized carbons (Fsp3) is 0.873. The number of unbranched alkanes of at least 4 members (excludes halogenated alkanes) is 55. The molecule has 0 aliphatic heterocycles. The summed E-state index contributed by atoms with van der Waals surface area (Å²) in [5.74, 6) is -0.0571. The molecule has 6 heteroatoms. The van der Waals surface area contributed by atoms with Gasteiger partial charge in [0.15, 0.2) is 0 Å². The molecule has 0 radical (unpaired) electrons. The molecule has 0 aliphatic carbocycles. The van der Waals surface area contributed by atoms with Gasteiger partial charge in [-0.25, -0.2) is 0 Å². The smallest absolute Gasteiger partial charge is 0.305 e. The highest BCUT2D eigenvalue weighted by Gasteiger charge is 2.18. The van der Waals surface area contributed by atoms with Gasteiger partial charge >= 0.3 is 5.97 Å². The van der Waals surface area contributed by atoms with Gasteiger partial charge in [-0.2, -0.15) is 0 Å². The van der Waals surface area contributed by atoms with Crippen molar-refractivity contribution in [3.8, 4) is 0 Å². The lowest BCUT2D eigenvalue weighted by atomic mass is 10.0. The molecule has 0 heterocycles. The molecular formula is C79H149NO5. The van der Waals surface area contributed by atoms with Crippen molar-refractivity contribution in [2.45, 2.75) is 431 Å². The molecule has 0 rings (SSSR count). The highest BCUT2D eigenvalue weighted by Crippen LogP contribution is 2.19. The second-order valence-corrected chi connectivity index (χ2v) is 26.3. The van der Waals surface area contributed by atoms with Gasteiger partial charge in [0.25, 0.3) is 0 Å². The molecule has 3 N–H and O–H groups in total. The van der Waals surface area contributed by atoms with Crippen LogP contribution in [0, 0.1) is 0 Å². The van der Waals surface area contributed by atoms with Crippen LogP contribution >= 0.6 is 0 Å². The number of hydrogen-bond acceptors (Lipinski definition) is 5. The maximum atomic E-state index is 12.5. The molecule has 2 atom stereocenters. The largest absolute Gasteiger partial charge is 0.466 e. The SMILES string of the molecule is CCCCCCCC/C=C\CCCCCCCCCCCC(=O)OCCCCCCCCCCC/C=C\C/C=C\CCCCCCCCCCCCCC(=O)NC(CO)C(O)/C=C/CCCCCCCCCCCCCCCCCCCCCC. The van der Waals surface area contributed by atoms with Gasteiger partial charge in [0, 0.05) is 12.8 Å². The van der Waals surface area contributed by atoms with Crippen molar-refractivity contribution in [2.75, 3.05) is 13.2 Å². The first kappa shape index (κ1) is 82.8. The number of carbonyl (C=O) groups is 2. The molecule has 85 heavy (non-hydrogen) atoms. The standard InChI is InChI=1S/C79H149NO5/c1-3-5-7-9-11-13-15-17-19-21-23-24-32-36-39-43-47-51-55-59-63-67-71-77(82)76(75-81)80-78(83)72-68-64-60-56-52-48-44-40-37-33-30-28-26-25-27-29-31-34-38-42-46-50-54-58-62-66-70-74-85-79(84)73-69-65-61-57-53-49-45-41-35-22-20-18-16-14-12-10-8-6-4-2/h18,20,25-26,29,31,67,71,76-77,81-82H,3-17,19,21-24,27-28,30,32-66,68-70,72-75H2,1-2H3,(H,80,83)/b20-18-,26-25-,31-29-,71-67+. The molecule has 0 aliphatic rings. The molecule has 2 unspecified atom stereocenters. The van der Waals surface area contributed by atoms with E-state index in [4.69, 9.17) is 4.74 Å². The molecule has 0 aromatic heterocycles. The van der Waals surface area contributed by atoms with Crippen molar-refractivity contribution in [2.24, 2.45) is 0 Å². The molecule has 0 bridgehead atoms. The monoisotopic (exact) mass is 1190 g/mol. The van der Waals surface area contributed by atoms with Gasteiger partial charge in [-0.1, -0.05) is 364 Å². The normalized spacial score (nSPS) is 12.8. The predicted molar refractivity (Wildman–Crippen MR) is 375 cm³/mol. The second-order valence-electron chi connectivity index (χ2n) is 26.3. The molecule has 1 amide bonds. The van der Waals surface area contributed by atoms with Gasteiger partial charge in [0.2, 0.25) is 5.91 Å². The predicted octanol–water partition coefficient (Wildman–Crippen LogP) is 25.2. The third-order valence-corrected chi connectivity index (χ3v) is 17.8. The molecular weight excluding hydrogens is 1040 g/mol. The second kappa shape index (κ2) is 74.3. The first-order chi connectivity index (χ1) is 42.0. The number of hydrogen-bond donors (Lipinski definition) is 3. The Labute approximate surface area is 531 Å². The van der Waals surface area contributed by atoms with E-state index in [1.54, 1.807) is 6.08 Å². The minimum absolute atomic E-state index is 0.0104. The maximum absolute atomic E-state index is 12.5. The fourth-order valence-corrected chi connectivity index (χ4v) is 12.0. The molecule has 6 nitrogen and oxygen atoms in total. The Bertz CT molecular complexity index is 1420. The molecule has 0 saturated carbocycles. The number of esters is 1. The van der Waals surface area contributed by atoms with Crippen LogP contribution in [0.25, 0.3) is 0 Å². The highest BCUT2D eigenvalue weighted by molar-refractivity contribution is 5.76. The summed E-state index contributed by atoms with van der Waals surface area (Å²) in [5.41, 5.74) is 0. The van der Waals surface area contributed by atoms with E-state index in [-0.39, 0.29) is 18.5 Å². The Balaban J connectivity index is 3.43. The summed E-state index contributed by atoms with van der Waals surface area (Å²) in [4.78, 5) is 24.7. The van der Waals surface area contributed by atoms with Gasteiger partial charge in [0.05, 0.1) is 25.4 Å². The molecule has 0 aromatic rings. The van der Waals surface area contributed by atoms with Crippen LogP contribution in [0.5, 0.6) is 0 Å². The fourth-order valence-electron chi connectivity index (χ4n) is 12.0. The zero-order valence-electron chi connectivity index (χ0n) is 57.4. The van der Waals surface area contributed by atoms with Gasteiger partial charge in [-0.05, 0) is 89.9 Å². The maximum Gasteiger partial charge on any atom is 0.305 e. The summed E-state index contributed by atoms with van der Waals surface area (Å²) in [6.45, 7) is 4.93. The number of rotatable bonds is 72. The summed E-state index contributed by atoms with van der Waals surface area (Å²) < 4.78 is 5.51. The van der Waals surface area contributed by atoms with Gasteiger partial charge in [-0.15, -0.1) is 0 Å². The van der Waals surface area contributed by atoms with Crippen LogP contribution < -0.4 is 5.32 Å². The summed E-state index contributed by atoms with van der Waals surface area (Å²) in [5, 5.41) is 23.3. The summed E-state index contributed by atoms with van der Waals surface area (Å²) in [6, 6.07) is -0.633. The van der Waals surface area contributed by atoms with E-state index in [9.17, 15) is 19.8 Å². The van der Waals surface area contributed by atoms with Crippen LogP contribution in [0.4, 0.5) is 0 Å². The number of aliphatic hydroxyl groups excluding tert-OH is 2. The highest BCUT2D eigenvalue weighted by atomic mass is 16.5. The lowest BCUT2D eigenvalue weighted by Gasteiger charge is -2.20. The zero-order valence-corrected chi connectivity index (χ0v) is 57.4. The number of amides is 1. The van der Waals surface area contributed by atoms with Crippen molar-refractivity contribution in [3.05, 3.63) is 48.6 Å². The average molecular weight is 1190 g/mol. The summed E-state index contributed by atoms with van der Waals surface area (Å²) in [6.07, 6.45) is 97.8. The third-order valence-electron chi connectivity index (χ3n) is 17.8. The first-order valence-electron chi connectivity index (χ1n) is 38.4. The number of ether oxygens (including phenoxy) is 1. The average Bonchev–Trinajstić information content (AvgIpc) is 3.51. The van der Waals surface area contributed by atoms with Gasteiger partial charge < -0.3 is 20.3 Å². The van der Waals surface area contributed by atoms with Crippen molar-refractivity contribution in [3.63, 3.8) is 0 Å². The molecule has 500 valence electrons. The minimum Gasteiger partial charge on any atom is -0.466 e. The lowest BCUT2D eigenvalue weighted by Crippen LogP contribution is -2.45. The van der Waals surface area contributed by atoms with Crippen molar-refractivity contribution in [1.82, 2.24) is 5.32 Å². The Morgan fingerprint density at radius 2 is 0.588 bits per heavy atom. The van der Waals surface area contributed by atoms with E-state index in [1.807, 2.05) is 6.08 Å². The van der Waals surface area contributed by atoms with E-state index in [0.29, 0.717) is 19.4 Å². The van der Waals surface area contributed by atoms with Crippen molar-refractivity contribution < 1.29 is 24.5 Å². The molecule has 0 aromatic carbocycles. The number of carbonyl (C=O) groups excluding carboxylic acids is 2. The summed E-state index contributed by atoms with van der Waals surface area (Å²) in [7, 11) is 0. The third kappa shape index (κ3) is 70.8. The van der Waals surface area contributed by atoms with Gasteiger partial charge in [-0.3, -0.25) is 9.59 Å². The van der Waals surface area contributed by atoms with Crippen molar-refractivity contribution >= 4 is 11.9 Å². The quantitative estimate of drug-likeness (QED) is 0.0320. The Hall–Kier alpha value is -2.18. The number of allylic oxidation sites excluding steroid dienone is 7. The summed E-state index contributed by atoms with van der Waals surface area (Å²) >= 11 is 0. The van der Waals surface area contributed by atoms with Gasteiger partial charge in [0.1, 0.15) is 0 Å². The zero-order chi connectivity index (χ0) is 61.3. The topological polar surface area (TPSA) is 95.9 Å². The van der Waals surface area contributed by atoms with E-state index < -0.39 is 12.1 Å². The van der Waals surface area contributed by atoms with E-state index >= 15 is 0 Å². The van der Waals surface area contributed by atoms with E-state index in [0.717, 1.165) is 51.4 Å². The Morgan fingerprint density at radius 3 is 0.906 bits per heavy atom. The van der Waals surface area contributed by atoms with E-state index in [1.165, 1.54) is 340 Å². The number of aliphatic hydroxyl groups is 2. The Morgan fingerprint density at radius 1 is 0.329 bits per heavy atom. The van der Waals surface area contributed by atoms with Crippen LogP contribution in [-0.4, -0.2) is 47.4 Å². The molecule has 0 saturated heterocycles. The van der Waals surface area contributed by atoms with Crippen LogP contribution in [0.15, 0.2) is 48.6 Å². The molecule has 0 fully saturated rings.